The van der Waals surface area contributed by atoms with Crippen molar-refractivity contribution in [1.82, 2.24) is 9.97 Å². The lowest BCUT2D eigenvalue weighted by Crippen LogP contribution is -2.23. The van der Waals surface area contributed by atoms with Gasteiger partial charge in [0.1, 0.15) is 5.56 Å². The quantitative estimate of drug-likeness (QED) is 0.609. The third-order valence-corrected chi connectivity index (χ3v) is 2.58. The van der Waals surface area contributed by atoms with Crippen LogP contribution in [0.1, 0.15) is 5.56 Å². The van der Waals surface area contributed by atoms with Crippen molar-refractivity contribution in [2.45, 2.75) is 0 Å². The zero-order valence-corrected chi connectivity index (χ0v) is 9.54. The van der Waals surface area contributed by atoms with Gasteiger partial charge in [-0.1, -0.05) is 12.1 Å². The summed E-state index contributed by atoms with van der Waals surface area (Å²) in [6, 6.07) is 7.23. The molecule has 0 atom stereocenters. The molecular formula is C12H8N4O3. The summed E-state index contributed by atoms with van der Waals surface area (Å²) in [6.45, 7) is 0. The molecule has 0 saturated carbocycles. The molecule has 2 heterocycles. The fourth-order valence-electron chi connectivity index (χ4n) is 1.74. The summed E-state index contributed by atoms with van der Waals surface area (Å²) >= 11 is 0. The Bertz CT molecular complexity index is 884. The summed E-state index contributed by atoms with van der Waals surface area (Å²) in [5.41, 5.74) is -1.56. The van der Waals surface area contributed by atoms with Crippen LogP contribution >= 0.6 is 0 Å². The van der Waals surface area contributed by atoms with Crippen molar-refractivity contribution in [2.24, 2.45) is 9.98 Å². The van der Waals surface area contributed by atoms with E-state index in [1.165, 1.54) is 6.08 Å². The van der Waals surface area contributed by atoms with Crippen molar-refractivity contribution in [3.8, 4) is 5.88 Å². The minimum absolute atomic E-state index is 0.0880. The third kappa shape index (κ3) is 1.97. The molecule has 0 bridgehead atoms. The van der Waals surface area contributed by atoms with E-state index in [1.807, 2.05) is 17.1 Å². The van der Waals surface area contributed by atoms with E-state index in [1.54, 1.807) is 12.1 Å². The second-order valence-electron chi connectivity index (χ2n) is 3.89. The Balaban J connectivity index is 2.18. The molecule has 1 aliphatic rings. The lowest BCUT2D eigenvalue weighted by Gasteiger charge is -1.96. The number of aromatic nitrogens is 2. The van der Waals surface area contributed by atoms with Crippen LogP contribution in [0.5, 0.6) is 5.88 Å². The van der Waals surface area contributed by atoms with Gasteiger partial charge in [-0.15, -0.1) is 0 Å². The van der Waals surface area contributed by atoms with Gasteiger partial charge >= 0.3 is 5.69 Å². The van der Waals surface area contributed by atoms with Gasteiger partial charge in [0.25, 0.3) is 5.56 Å². The van der Waals surface area contributed by atoms with Gasteiger partial charge < -0.3 is 5.11 Å². The predicted molar refractivity (Wildman–Crippen MR) is 66.1 cm³/mol. The number of para-hydroxylation sites is 2. The molecule has 7 heteroatoms. The first kappa shape index (κ1) is 11.1. The first-order valence-electron chi connectivity index (χ1n) is 5.43. The zero-order chi connectivity index (χ0) is 13.4. The Labute approximate surface area is 105 Å². The summed E-state index contributed by atoms with van der Waals surface area (Å²) in [4.78, 5) is 35.0. The number of fused-ring (bicyclic) bond motifs is 1. The highest BCUT2D eigenvalue weighted by atomic mass is 16.3. The number of hydrogen-bond acceptors (Lipinski definition) is 5. The molecule has 1 aliphatic heterocycles. The van der Waals surface area contributed by atoms with Gasteiger partial charge in [0, 0.05) is 6.08 Å². The van der Waals surface area contributed by atoms with Crippen molar-refractivity contribution < 1.29 is 5.11 Å². The Morgan fingerprint density at radius 3 is 2.26 bits per heavy atom. The van der Waals surface area contributed by atoms with Crippen molar-refractivity contribution in [3.63, 3.8) is 0 Å². The number of hydrogen-bond donors (Lipinski definition) is 3. The average Bonchev–Trinajstić information content (AvgIpc) is 2.76. The topological polar surface area (TPSA) is 111 Å². The number of H-pyrrole nitrogens is 2. The van der Waals surface area contributed by atoms with Crippen LogP contribution in [-0.4, -0.2) is 15.1 Å². The summed E-state index contributed by atoms with van der Waals surface area (Å²) in [5.74, 6) is -0.225. The molecule has 7 nitrogen and oxygen atoms in total. The maximum absolute atomic E-state index is 11.6. The van der Waals surface area contributed by atoms with Crippen molar-refractivity contribution >= 4 is 6.08 Å². The van der Waals surface area contributed by atoms with Gasteiger partial charge in [-0.3, -0.25) is 14.8 Å². The smallest absolute Gasteiger partial charge is 0.328 e. The largest absolute Gasteiger partial charge is 0.494 e. The normalized spacial score (nSPS) is 12.5. The van der Waals surface area contributed by atoms with Gasteiger partial charge in [-0.25, -0.2) is 14.8 Å². The first-order valence-corrected chi connectivity index (χ1v) is 5.43. The number of aromatic amines is 2. The van der Waals surface area contributed by atoms with E-state index in [4.69, 9.17) is 0 Å². The average molecular weight is 256 g/mol. The fourth-order valence-corrected chi connectivity index (χ4v) is 1.74. The lowest BCUT2D eigenvalue weighted by atomic mass is 10.3. The molecule has 0 saturated heterocycles. The van der Waals surface area contributed by atoms with E-state index in [2.05, 4.69) is 15.0 Å². The van der Waals surface area contributed by atoms with Crippen LogP contribution in [0, 0.1) is 0 Å². The summed E-state index contributed by atoms with van der Waals surface area (Å²) < 4.78 is 0. The number of benzene rings is 1. The monoisotopic (exact) mass is 256 g/mol. The standard InChI is InChI=1S/C12H8N4O3/c17-10-6(11(18)16-12(19)15-10)5-9-13-7-3-1-2-4-8(7)14-9/h1-5H,(H3,15,16,17,18,19). The van der Waals surface area contributed by atoms with Crippen LogP contribution in [0.25, 0.3) is 6.08 Å². The maximum Gasteiger partial charge on any atom is 0.328 e. The summed E-state index contributed by atoms with van der Waals surface area (Å²) in [6.07, 6.45) is 1.31. The minimum atomic E-state index is -0.770. The number of rotatable bonds is 1. The van der Waals surface area contributed by atoms with E-state index < -0.39 is 17.1 Å². The third-order valence-electron chi connectivity index (χ3n) is 2.58. The highest BCUT2D eigenvalue weighted by molar-refractivity contribution is 5.55. The molecule has 0 fully saturated rings. The van der Waals surface area contributed by atoms with E-state index in [-0.39, 0.29) is 11.4 Å². The van der Waals surface area contributed by atoms with Gasteiger partial charge in [-0.05, 0) is 12.1 Å². The molecule has 0 amide bonds. The number of nitrogens with one attached hydrogen (secondary N) is 2. The van der Waals surface area contributed by atoms with Gasteiger partial charge in [0.2, 0.25) is 5.88 Å². The zero-order valence-electron chi connectivity index (χ0n) is 9.54. The molecule has 94 valence electrons. The Morgan fingerprint density at radius 1 is 1.05 bits per heavy atom. The van der Waals surface area contributed by atoms with Crippen molar-refractivity contribution in [3.05, 3.63) is 67.2 Å². The summed E-state index contributed by atoms with van der Waals surface area (Å²) in [7, 11) is 0. The highest BCUT2D eigenvalue weighted by Gasteiger charge is 2.08. The number of aromatic hydroxyl groups is 1. The molecule has 19 heavy (non-hydrogen) atoms. The fraction of sp³-hybridized carbons (Fsp3) is 0. The lowest BCUT2D eigenvalue weighted by molar-refractivity contribution is 0.447. The molecule has 0 unspecified atom stereocenters. The van der Waals surface area contributed by atoms with Gasteiger partial charge in [0.05, 0.1) is 10.7 Å². The molecule has 0 aliphatic carbocycles. The van der Waals surface area contributed by atoms with E-state index in [9.17, 15) is 14.7 Å². The molecule has 2 aromatic rings. The predicted octanol–water partition coefficient (Wildman–Crippen LogP) is -0.980. The van der Waals surface area contributed by atoms with Crippen LogP contribution in [0.4, 0.5) is 0 Å². The van der Waals surface area contributed by atoms with Crippen molar-refractivity contribution in [2.75, 3.05) is 0 Å². The second kappa shape index (κ2) is 4.05. The Morgan fingerprint density at radius 2 is 1.68 bits per heavy atom. The minimum Gasteiger partial charge on any atom is -0.494 e. The van der Waals surface area contributed by atoms with E-state index in [0.29, 0.717) is 10.7 Å². The van der Waals surface area contributed by atoms with Crippen LogP contribution in [0.3, 0.4) is 0 Å². The molecule has 3 N–H and O–H groups in total. The molecule has 1 aromatic heterocycles. The summed E-state index contributed by atoms with van der Waals surface area (Å²) in [5, 5.41) is 10.9. The Kier molecular flexibility index (Phi) is 2.38. The SMILES string of the molecule is O=c1[nH]c(O)c(C=C2N=c3ccccc3=N2)c(=O)[nH]1. The second-order valence-corrected chi connectivity index (χ2v) is 3.89. The Hall–Kier alpha value is -2.96. The number of nitrogens with zero attached hydrogens (tertiary/aromatic N) is 2. The van der Waals surface area contributed by atoms with Crippen molar-refractivity contribution in [1.29, 1.82) is 0 Å². The van der Waals surface area contributed by atoms with Gasteiger partial charge in [-0.2, -0.15) is 0 Å². The van der Waals surface area contributed by atoms with Gasteiger partial charge in [0.15, 0.2) is 5.82 Å². The molecule has 0 spiro atoms. The maximum atomic E-state index is 11.6. The van der Waals surface area contributed by atoms with Crippen LogP contribution in [0.2, 0.25) is 0 Å². The van der Waals surface area contributed by atoms with Crippen LogP contribution in [0.15, 0.2) is 49.7 Å². The molecule has 1 aromatic carbocycles. The molecule has 0 radical (unpaired) electrons. The van der Waals surface area contributed by atoms with Crippen LogP contribution < -0.4 is 22.0 Å². The highest BCUT2D eigenvalue weighted by Crippen LogP contribution is 2.12. The van der Waals surface area contributed by atoms with E-state index >= 15 is 0 Å². The van der Waals surface area contributed by atoms with Crippen LogP contribution in [-0.2, 0) is 0 Å². The molecule has 3 rings (SSSR count). The first-order chi connectivity index (χ1) is 9.13. The molecular weight excluding hydrogens is 248 g/mol. The van der Waals surface area contributed by atoms with E-state index in [0.717, 1.165) is 0 Å².